The molecule has 12 heavy (non-hydrogen) atoms. The highest BCUT2D eigenvalue weighted by atomic mass is 19.3. The maximum Gasteiger partial charge on any atom is 0.177 e. The number of benzene rings is 1. The molecule has 0 bridgehead atoms. The minimum Gasteiger partial charge on any atom is -0.294 e. The molecular weight excluding hydrogens is 169 g/mol. The summed E-state index contributed by atoms with van der Waals surface area (Å²) in [5.41, 5.74) is -0.0594. The van der Waals surface area contributed by atoms with E-state index in [0.717, 1.165) is 12.1 Å². The van der Waals surface area contributed by atoms with Gasteiger partial charge in [-0.1, -0.05) is 6.92 Å². The molecule has 0 unspecified atom stereocenters. The topological polar surface area (TPSA) is 9.23 Å². The Balaban J connectivity index is 3.18. The van der Waals surface area contributed by atoms with Gasteiger partial charge >= 0.3 is 0 Å². The monoisotopic (exact) mass is 176 g/mol. The van der Waals surface area contributed by atoms with E-state index in [-0.39, 0.29) is 12.0 Å². The van der Waals surface area contributed by atoms with Crippen LogP contribution in [0, 0.1) is 11.6 Å². The highest BCUT2D eigenvalue weighted by Gasteiger charge is 2.09. The average molecular weight is 176 g/mol. The summed E-state index contributed by atoms with van der Waals surface area (Å²) in [6.07, 6.45) is 0.226. The van der Waals surface area contributed by atoms with Gasteiger partial charge in [-0.05, 0) is 6.42 Å². The van der Waals surface area contributed by atoms with E-state index >= 15 is 0 Å². The zero-order valence-corrected chi connectivity index (χ0v) is 6.40. The number of rotatable bonds is 2. The van der Waals surface area contributed by atoms with Crippen molar-refractivity contribution < 1.29 is 18.2 Å². The summed E-state index contributed by atoms with van der Waals surface area (Å²) in [5, 5.41) is 0. The third-order valence-corrected chi connectivity index (χ3v) is 1.56. The molecule has 0 spiro atoms. The molecule has 1 aromatic carbocycles. The lowest BCUT2D eigenvalue weighted by Crippen LogP contribution is -1.94. The van der Waals surface area contributed by atoms with Gasteiger partial charge in [-0.15, -0.1) is 0 Å². The van der Waals surface area contributed by atoms with E-state index in [1.165, 1.54) is 0 Å². The molecule has 0 saturated heterocycles. The third kappa shape index (κ3) is 1.52. The van der Waals surface area contributed by atoms with Crippen LogP contribution >= 0.6 is 0 Å². The molecule has 0 aromatic heterocycles. The number of hydrogen-bond acceptors (Lipinski definition) is 1. The quantitative estimate of drug-likeness (QED) is 0.673. The summed E-state index contributed by atoms with van der Waals surface area (Å²) >= 11 is 0. The Morgan fingerprint density at radius 2 is 1.75 bits per heavy atom. The predicted molar refractivity (Wildman–Crippen MR) is 37.5 cm³/mol. The van der Waals surface area contributed by atoms with Crippen molar-refractivity contribution in [3.05, 3.63) is 29.3 Å². The summed E-state index contributed by atoms with van der Waals surface area (Å²) in [7, 11) is 0. The molecular formula is C8H7F3O. The normalized spacial score (nSPS) is 10.0. The Bertz CT molecular complexity index is 263. The molecule has 66 valence electrons. The lowest BCUT2D eigenvalue weighted by Gasteiger charge is -2.02. The van der Waals surface area contributed by atoms with Crippen LogP contribution in [0.1, 0.15) is 12.5 Å². The highest BCUT2D eigenvalue weighted by Crippen LogP contribution is 2.20. The van der Waals surface area contributed by atoms with E-state index in [0.29, 0.717) is 0 Å². The first kappa shape index (κ1) is 8.90. The van der Waals surface area contributed by atoms with Crippen LogP contribution in [0.2, 0.25) is 0 Å². The zero-order chi connectivity index (χ0) is 9.14. The van der Waals surface area contributed by atoms with Gasteiger partial charge in [0.1, 0.15) is 11.6 Å². The molecule has 0 amide bonds. The van der Waals surface area contributed by atoms with Crippen LogP contribution < -0.4 is 4.94 Å². The van der Waals surface area contributed by atoms with Crippen molar-refractivity contribution in [2.45, 2.75) is 13.3 Å². The van der Waals surface area contributed by atoms with E-state index in [1.807, 2.05) is 0 Å². The van der Waals surface area contributed by atoms with Gasteiger partial charge in [-0.2, -0.15) is 0 Å². The van der Waals surface area contributed by atoms with Crippen LogP contribution in [-0.2, 0) is 6.42 Å². The minimum absolute atomic E-state index is 0.0594. The van der Waals surface area contributed by atoms with E-state index in [2.05, 4.69) is 4.94 Å². The molecule has 0 radical (unpaired) electrons. The van der Waals surface area contributed by atoms with Crippen LogP contribution in [0.15, 0.2) is 12.1 Å². The van der Waals surface area contributed by atoms with Crippen molar-refractivity contribution in [1.29, 1.82) is 0 Å². The fraction of sp³-hybridized carbons (Fsp3) is 0.250. The zero-order valence-electron chi connectivity index (χ0n) is 6.40. The second-order valence-corrected chi connectivity index (χ2v) is 2.30. The lowest BCUT2D eigenvalue weighted by molar-refractivity contribution is -0.00695. The summed E-state index contributed by atoms with van der Waals surface area (Å²) in [6.45, 7) is 1.61. The molecule has 0 fully saturated rings. The first-order chi connectivity index (χ1) is 5.69. The fourth-order valence-corrected chi connectivity index (χ4v) is 0.962. The summed E-state index contributed by atoms with van der Waals surface area (Å²) < 4.78 is 37.1. The minimum atomic E-state index is -0.787. The molecule has 0 aliphatic rings. The Morgan fingerprint density at radius 3 is 2.08 bits per heavy atom. The van der Waals surface area contributed by atoms with Crippen LogP contribution in [0.25, 0.3) is 0 Å². The van der Waals surface area contributed by atoms with Crippen molar-refractivity contribution in [3.63, 3.8) is 0 Å². The second kappa shape index (κ2) is 3.47. The van der Waals surface area contributed by atoms with Gasteiger partial charge in [-0.25, -0.2) is 8.78 Å². The van der Waals surface area contributed by atoms with Gasteiger partial charge in [0.25, 0.3) is 0 Å². The van der Waals surface area contributed by atoms with Crippen LogP contribution in [0.4, 0.5) is 13.3 Å². The Kier molecular flexibility index (Phi) is 2.58. The van der Waals surface area contributed by atoms with Crippen LogP contribution in [0.3, 0.4) is 0 Å². The third-order valence-electron chi connectivity index (χ3n) is 1.56. The van der Waals surface area contributed by atoms with Crippen molar-refractivity contribution in [1.82, 2.24) is 0 Å². The van der Waals surface area contributed by atoms with Crippen LogP contribution in [0.5, 0.6) is 5.75 Å². The molecule has 0 saturated carbocycles. The standard InChI is InChI=1S/C8H7F3O/c1-2-6-7(9)3-5(12-11)4-8(6)10/h3-4H,2H2,1H3. The van der Waals surface area contributed by atoms with E-state index in [9.17, 15) is 13.3 Å². The lowest BCUT2D eigenvalue weighted by atomic mass is 10.1. The van der Waals surface area contributed by atoms with Gasteiger partial charge in [0.2, 0.25) is 0 Å². The second-order valence-electron chi connectivity index (χ2n) is 2.30. The molecule has 0 aliphatic heterocycles. The Morgan fingerprint density at radius 1 is 1.25 bits per heavy atom. The molecule has 4 heteroatoms. The number of halogens is 3. The van der Waals surface area contributed by atoms with Crippen molar-refractivity contribution in [2.24, 2.45) is 0 Å². The Labute approximate surface area is 67.7 Å². The summed E-state index contributed by atoms with van der Waals surface area (Å²) in [4.78, 5) is 3.20. The van der Waals surface area contributed by atoms with Gasteiger partial charge in [0.05, 0.1) is 0 Å². The van der Waals surface area contributed by atoms with E-state index < -0.39 is 17.4 Å². The largest absolute Gasteiger partial charge is 0.294 e. The maximum absolute atomic E-state index is 12.8. The van der Waals surface area contributed by atoms with Gasteiger partial charge in [-0.3, -0.25) is 4.94 Å². The molecule has 1 nitrogen and oxygen atoms in total. The Hall–Kier alpha value is -1.19. The van der Waals surface area contributed by atoms with Crippen molar-refractivity contribution >= 4 is 0 Å². The first-order valence-corrected chi connectivity index (χ1v) is 3.45. The van der Waals surface area contributed by atoms with Crippen molar-refractivity contribution in [2.75, 3.05) is 0 Å². The summed E-state index contributed by atoms with van der Waals surface area (Å²) in [6, 6.07) is 1.61. The SMILES string of the molecule is CCc1c(F)cc(OF)cc1F. The van der Waals surface area contributed by atoms with Gasteiger partial charge in [0, 0.05) is 22.2 Å². The molecule has 0 aliphatic carbocycles. The van der Waals surface area contributed by atoms with E-state index in [4.69, 9.17) is 0 Å². The molecule has 1 aromatic rings. The van der Waals surface area contributed by atoms with E-state index in [1.54, 1.807) is 6.92 Å². The average Bonchev–Trinajstić information content (AvgIpc) is 2.03. The molecule has 0 N–H and O–H groups in total. The fourth-order valence-electron chi connectivity index (χ4n) is 0.962. The molecule has 1 rings (SSSR count). The number of hydrogen-bond donors (Lipinski definition) is 0. The first-order valence-electron chi connectivity index (χ1n) is 3.45. The molecule has 0 heterocycles. The predicted octanol–water partition coefficient (Wildman–Crippen LogP) is 2.79. The molecule has 0 atom stereocenters. The van der Waals surface area contributed by atoms with Crippen molar-refractivity contribution in [3.8, 4) is 5.75 Å². The van der Waals surface area contributed by atoms with Gasteiger partial charge in [0.15, 0.2) is 5.75 Å². The maximum atomic E-state index is 12.8. The van der Waals surface area contributed by atoms with Gasteiger partial charge < -0.3 is 0 Å². The summed E-state index contributed by atoms with van der Waals surface area (Å²) in [5.74, 6) is -2.03. The highest BCUT2D eigenvalue weighted by molar-refractivity contribution is 5.30. The smallest absolute Gasteiger partial charge is 0.177 e. The van der Waals surface area contributed by atoms with Crippen LogP contribution in [-0.4, -0.2) is 0 Å².